The second-order valence-corrected chi connectivity index (χ2v) is 5.15. The molecule has 4 nitrogen and oxygen atoms in total. The molecule has 1 saturated heterocycles. The van der Waals surface area contributed by atoms with Crippen molar-refractivity contribution >= 4 is 5.82 Å². The third-order valence-corrected chi connectivity index (χ3v) is 3.61. The number of aromatic nitrogens is 1. The van der Waals surface area contributed by atoms with Crippen LogP contribution in [0.3, 0.4) is 0 Å². The van der Waals surface area contributed by atoms with Gasteiger partial charge in [0.25, 0.3) is 0 Å². The Morgan fingerprint density at radius 3 is 2.56 bits per heavy atom. The van der Waals surface area contributed by atoms with E-state index in [1.165, 1.54) is 5.56 Å². The molecule has 1 aromatic heterocycles. The lowest BCUT2D eigenvalue weighted by Gasteiger charge is -2.36. The predicted octanol–water partition coefficient (Wildman–Crippen LogP) is 1.25. The first-order valence-corrected chi connectivity index (χ1v) is 6.84. The molecule has 1 unspecified atom stereocenters. The Kier molecular flexibility index (Phi) is 4.55. The van der Waals surface area contributed by atoms with E-state index in [0.717, 1.165) is 45.0 Å². The van der Waals surface area contributed by atoms with E-state index in [1.54, 1.807) is 0 Å². The van der Waals surface area contributed by atoms with Gasteiger partial charge in [0.1, 0.15) is 5.82 Å². The third-order valence-electron chi connectivity index (χ3n) is 3.61. The highest BCUT2D eigenvalue weighted by atomic mass is 15.3. The van der Waals surface area contributed by atoms with Gasteiger partial charge in [0.2, 0.25) is 0 Å². The van der Waals surface area contributed by atoms with Crippen molar-refractivity contribution < 1.29 is 0 Å². The summed E-state index contributed by atoms with van der Waals surface area (Å²) in [5, 5.41) is 0. The van der Waals surface area contributed by atoms with Gasteiger partial charge in [-0.1, -0.05) is 13.0 Å². The van der Waals surface area contributed by atoms with Crippen LogP contribution in [0.2, 0.25) is 0 Å². The number of pyridine rings is 1. The number of aryl methyl sites for hydroxylation is 1. The molecule has 0 saturated carbocycles. The summed E-state index contributed by atoms with van der Waals surface area (Å²) in [6.45, 7) is 9.51. The molecule has 1 fully saturated rings. The molecule has 1 aromatic rings. The van der Waals surface area contributed by atoms with Crippen LogP contribution in [-0.4, -0.2) is 48.6 Å². The summed E-state index contributed by atoms with van der Waals surface area (Å²) in [4.78, 5) is 9.30. The highest BCUT2D eigenvalue weighted by molar-refractivity contribution is 5.39. The Labute approximate surface area is 110 Å². The molecular weight excluding hydrogens is 224 g/mol. The minimum Gasteiger partial charge on any atom is -0.354 e. The van der Waals surface area contributed by atoms with Crippen LogP contribution in [0, 0.1) is 6.92 Å². The molecule has 18 heavy (non-hydrogen) atoms. The van der Waals surface area contributed by atoms with E-state index in [0.29, 0.717) is 6.04 Å². The van der Waals surface area contributed by atoms with Crippen LogP contribution >= 0.6 is 0 Å². The molecule has 100 valence electrons. The van der Waals surface area contributed by atoms with Crippen LogP contribution in [0.1, 0.15) is 18.9 Å². The lowest BCUT2D eigenvalue weighted by Crippen LogP contribution is -2.50. The summed E-state index contributed by atoms with van der Waals surface area (Å²) >= 11 is 0. The molecule has 1 atom stereocenters. The molecule has 4 heteroatoms. The summed E-state index contributed by atoms with van der Waals surface area (Å²) in [5.74, 6) is 1.10. The standard InChI is InChI=1S/C14H24N4/c1-3-13(15)11-17-6-8-18(9-7-17)14-5-4-12(2)10-16-14/h4-5,10,13H,3,6-9,11,15H2,1-2H3. The van der Waals surface area contributed by atoms with Gasteiger partial charge in [-0.25, -0.2) is 4.98 Å². The van der Waals surface area contributed by atoms with Crippen LogP contribution in [0.5, 0.6) is 0 Å². The second-order valence-electron chi connectivity index (χ2n) is 5.15. The van der Waals surface area contributed by atoms with E-state index in [4.69, 9.17) is 5.73 Å². The largest absolute Gasteiger partial charge is 0.354 e. The molecule has 2 N–H and O–H groups in total. The second kappa shape index (κ2) is 6.16. The predicted molar refractivity (Wildman–Crippen MR) is 75.9 cm³/mol. The number of nitrogens with two attached hydrogens (primary N) is 1. The fourth-order valence-corrected chi connectivity index (χ4v) is 2.27. The molecule has 2 rings (SSSR count). The maximum atomic E-state index is 6.00. The summed E-state index contributed by atoms with van der Waals surface area (Å²) in [6.07, 6.45) is 2.99. The van der Waals surface area contributed by atoms with Gasteiger partial charge in [0, 0.05) is 45.0 Å². The Bertz CT molecular complexity index is 355. The average Bonchev–Trinajstić information content (AvgIpc) is 2.40. The average molecular weight is 248 g/mol. The monoisotopic (exact) mass is 248 g/mol. The van der Waals surface area contributed by atoms with Crippen LogP contribution in [-0.2, 0) is 0 Å². The highest BCUT2D eigenvalue weighted by Crippen LogP contribution is 2.13. The molecule has 0 aliphatic carbocycles. The van der Waals surface area contributed by atoms with Crippen molar-refractivity contribution in [2.24, 2.45) is 5.73 Å². The van der Waals surface area contributed by atoms with Crippen molar-refractivity contribution in [2.45, 2.75) is 26.3 Å². The Hall–Kier alpha value is -1.13. The van der Waals surface area contributed by atoms with Crippen molar-refractivity contribution in [3.8, 4) is 0 Å². The minimum absolute atomic E-state index is 0.314. The zero-order valence-electron chi connectivity index (χ0n) is 11.5. The van der Waals surface area contributed by atoms with Crippen molar-refractivity contribution in [1.82, 2.24) is 9.88 Å². The van der Waals surface area contributed by atoms with E-state index in [1.807, 2.05) is 6.20 Å². The van der Waals surface area contributed by atoms with E-state index in [9.17, 15) is 0 Å². The van der Waals surface area contributed by atoms with Crippen LogP contribution in [0.25, 0.3) is 0 Å². The molecule has 1 aliphatic rings. The lowest BCUT2D eigenvalue weighted by atomic mass is 10.2. The number of piperazine rings is 1. The van der Waals surface area contributed by atoms with Crippen LogP contribution in [0.4, 0.5) is 5.82 Å². The number of nitrogens with zero attached hydrogens (tertiary/aromatic N) is 3. The minimum atomic E-state index is 0.314. The molecule has 0 spiro atoms. The zero-order chi connectivity index (χ0) is 13.0. The fourth-order valence-electron chi connectivity index (χ4n) is 2.27. The summed E-state index contributed by atoms with van der Waals surface area (Å²) in [6, 6.07) is 4.55. The summed E-state index contributed by atoms with van der Waals surface area (Å²) in [7, 11) is 0. The summed E-state index contributed by atoms with van der Waals surface area (Å²) < 4.78 is 0. The first-order valence-electron chi connectivity index (χ1n) is 6.84. The van der Waals surface area contributed by atoms with Gasteiger partial charge < -0.3 is 10.6 Å². The Morgan fingerprint density at radius 2 is 2.00 bits per heavy atom. The van der Waals surface area contributed by atoms with Crippen molar-refractivity contribution in [3.63, 3.8) is 0 Å². The molecule has 0 aromatic carbocycles. The van der Waals surface area contributed by atoms with Gasteiger partial charge in [-0.2, -0.15) is 0 Å². The highest BCUT2D eigenvalue weighted by Gasteiger charge is 2.18. The molecule has 0 bridgehead atoms. The third kappa shape index (κ3) is 3.43. The van der Waals surface area contributed by atoms with Gasteiger partial charge in [0.15, 0.2) is 0 Å². The van der Waals surface area contributed by atoms with Gasteiger partial charge in [-0.3, -0.25) is 4.90 Å². The zero-order valence-corrected chi connectivity index (χ0v) is 11.5. The Morgan fingerprint density at radius 1 is 1.28 bits per heavy atom. The molecule has 1 aliphatic heterocycles. The Balaban J connectivity index is 1.84. The normalized spacial score (nSPS) is 18.9. The topological polar surface area (TPSA) is 45.4 Å². The van der Waals surface area contributed by atoms with Crippen molar-refractivity contribution in [1.29, 1.82) is 0 Å². The van der Waals surface area contributed by atoms with Gasteiger partial charge in [-0.15, -0.1) is 0 Å². The van der Waals surface area contributed by atoms with E-state index in [-0.39, 0.29) is 0 Å². The van der Waals surface area contributed by atoms with E-state index >= 15 is 0 Å². The van der Waals surface area contributed by atoms with Gasteiger partial charge in [-0.05, 0) is 25.0 Å². The van der Waals surface area contributed by atoms with E-state index < -0.39 is 0 Å². The number of hydrogen-bond donors (Lipinski definition) is 1. The van der Waals surface area contributed by atoms with Crippen molar-refractivity contribution in [3.05, 3.63) is 23.9 Å². The number of rotatable bonds is 4. The quantitative estimate of drug-likeness (QED) is 0.871. The molecular formula is C14H24N4. The first-order chi connectivity index (χ1) is 8.69. The van der Waals surface area contributed by atoms with Crippen LogP contribution in [0.15, 0.2) is 18.3 Å². The summed E-state index contributed by atoms with van der Waals surface area (Å²) in [5.41, 5.74) is 7.21. The fraction of sp³-hybridized carbons (Fsp3) is 0.643. The molecule has 0 radical (unpaired) electrons. The lowest BCUT2D eigenvalue weighted by molar-refractivity contribution is 0.240. The maximum absolute atomic E-state index is 6.00. The smallest absolute Gasteiger partial charge is 0.128 e. The molecule has 0 amide bonds. The van der Waals surface area contributed by atoms with Gasteiger partial charge >= 0.3 is 0 Å². The number of anilines is 1. The van der Waals surface area contributed by atoms with Crippen molar-refractivity contribution in [2.75, 3.05) is 37.6 Å². The molecule has 2 heterocycles. The van der Waals surface area contributed by atoms with Crippen LogP contribution < -0.4 is 10.6 Å². The van der Waals surface area contributed by atoms with E-state index in [2.05, 4.69) is 40.8 Å². The SMILES string of the molecule is CCC(N)CN1CCN(c2ccc(C)cn2)CC1. The van der Waals surface area contributed by atoms with Gasteiger partial charge in [0.05, 0.1) is 0 Å². The first kappa shape index (κ1) is 13.3. The number of hydrogen-bond acceptors (Lipinski definition) is 4. The maximum Gasteiger partial charge on any atom is 0.128 e.